The number of hydrogen-bond acceptors (Lipinski definition) is 5. The first-order chi connectivity index (χ1) is 11.1. The summed E-state index contributed by atoms with van der Waals surface area (Å²) in [7, 11) is 1.69. The van der Waals surface area contributed by atoms with Gasteiger partial charge in [-0.15, -0.1) is 0 Å². The van der Waals surface area contributed by atoms with E-state index in [9.17, 15) is 9.59 Å². The van der Waals surface area contributed by atoms with E-state index in [4.69, 9.17) is 14.2 Å². The number of benzene rings is 1. The zero-order valence-corrected chi connectivity index (χ0v) is 13.4. The Labute approximate surface area is 135 Å². The molecule has 0 spiro atoms. The molecule has 3 rings (SSSR count). The summed E-state index contributed by atoms with van der Waals surface area (Å²) >= 11 is 0. The molecule has 1 atom stereocenters. The molecule has 6 heteroatoms. The minimum Gasteiger partial charge on any atom is -0.454 e. The average molecular weight is 319 g/mol. The van der Waals surface area contributed by atoms with Gasteiger partial charge in [0.1, 0.15) is 0 Å². The fraction of sp³-hybridized carbons (Fsp3) is 0.529. The highest BCUT2D eigenvalue weighted by Crippen LogP contribution is 2.33. The second-order valence-electron chi connectivity index (χ2n) is 5.94. The standard InChI is InChI=1S/C17H21NO5/c1-11(18(2)17(20)12-5-7-21-8-6-12)16(19)13-3-4-14-15(9-13)23-10-22-14/h3-4,9,11-12H,5-8,10H2,1-2H3. The summed E-state index contributed by atoms with van der Waals surface area (Å²) in [6, 6.07) is 4.58. The van der Waals surface area contributed by atoms with Gasteiger partial charge in [0.15, 0.2) is 17.3 Å². The number of rotatable bonds is 4. The van der Waals surface area contributed by atoms with Crippen LogP contribution in [0.3, 0.4) is 0 Å². The second-order valence-corrected chi connectivity index (χ2v) is 5.94. The van der Waals surface area contributed by atoms with Crippen molar-refractivity contribution >= 4 is 11.7 Å². The molecule has 1 fully saturated rings. The zero-order valence-electron chi connectivity index (χ0n) is 13.4. The Bertz CT molecular complexity index is 609. The van der Waals surface area contributed by atoms with Crippen molar-refractivity contribution in [2.75, 3.05) is 27.1 Å². The fourth-order valence-corrected chi connectivity index (χ4v) is 2.89. The molecular formula is C17H21NO5. The molecule has 1 unspecified atom stereocenters. The number of ketones is 1. The molecule has 23 heavy (non-hydrogen) atoms. The molecule has 6 nitrogen and oxygen atoms in total. The van der Waals surface area contributed by atoms with Gasteiger partial charge >= 0.3 is 0 Å². The van der Waals surface area contributed by atoms with E-state index in [0.717, 1.165) is 0 Å². The lowest BCUT2D eigenvalue weighted by atomic mass is 9.97. The first kappa shape index (κ1) is 15.8. The van der Waals surface area contributed by atoms with Gasteiger partial charge in [0, 0.05) is 31.7 Å². The third-order valence-electron chi connectivity index (χ3n) is 4.54. The van der Waals surface area contributed by atoms with E-state index < -0.39 is 6.04 Å². The molecule has 2 heterocycles. The molecule has 1 aromatic carbocycles. The van der Waals surface area contributed by atoms with Crippen molar-refractivity contribution in [3.8, 4) is 11.5 Å². The molecule has 1 aromatic rings. The van der Waals surface area contributed by atoms with Crippen molar-refractivity contribution in [2.24, 2.45) is 5.92 Å². The maximum Gasteiger partial charge on any atom is 0.231 e. The van der Waals surface area contributed by atoms with Gasteiger partial charge in [0.2, 0.25) is 12.7 Å². The Morgan fingerprint density at radius 2 is 1.87 bits per heavy atom. The van der Waals surface area contributed by atoms with Crippen molar-refractivity contribution < 1.29 is 23.8 Å². The van der Waals surface area contributed by atoms with E-state index in [0.29, 0.717) is 43.1 Å². The predicted molar refractivity (Wildman–Crippen MR) is 82.7 cm³/mol. The van der Waals surface area contributed by atoms with E-state index in [-0.39, 0.29) is 24.4 Å². The van der Waals surface area contributed by atoms with Crippen LogP contribution in [0.2, 0.25) is 0 Å². The van der Waals surface area contributed by atoms with Crippen LogP contribution in [0.4, 0.5) is 0 Å². The van der Waals surface area contributed by atoms with Crippen molar-refractivity contribution in [3.63, 3.8) is 0 Å². The Hall–Kier alpha value is -2.08. The predicted octanol–water partition coefficient (Wildman–Crippen LogP) is 1.87. The van der Waals surface area contributed by atoms with Crippen molar-refractivity contribution in [1.82, 2.24) is 4.90 Å². The number of hydrogen-bond donors (Lipinski definition) is 0. The molecular weight excluding hydrogens is 298 g/mol. The Morgan fingerprint density at radius 3 is 2.61 bits per heavy atom. The molecule has 0 saturated carbocycles. The second kappa shape index (κ2) is 6.58. The lowest BCUT2D eigenvalue weighted by molar-refractivity contribution is -0.138. The van der Waals surface area contributed by atoms with Crippen LogP contribution >= 0.6 is 0 Å². The van der Waals surface area contributed by atoms with E-state index in [1.165, 1.54) is 0 Å². The highest BCUT2D eigenvalue weighted by molar-refractivity contribution is 6.02. The molecule has 0 N–H and O–H groups in total. The number of Topliss-reactive ketones (excluding diaryl/α,β-unsaturated/α-hetero) is 1. The molecule has 2 aliphatic rings. The van der Waals surface area contributed by atoms with Crippen molar-refractivity contribution in [2.45, 2.75) is 25.8 Å². The van der Waals surface area contributed by atoms with Gasteiger partial charge in [-0.1, -0.05) is 0 Å². The Morgan fingerprint density at radius 1 is 1.17 bits per heavy atom. The third kappa shape index (κ3) is 3.17. The largest absolute Gasteiger partial charge is 0.454 e. The first-order valence-electron chi connectivity index (χ1n) is 7.86. The maximum absolute atomic E-state index is 12.7. The zero-order chi connectivity index (χ0) is 16.4. The minimum atomic E-state index is -0.522. The summed E-state index contributed by atoms with van der Waals surface area (Å²) in [5.74, 6) is 1.06. The van der Waals surface area contributed by atoms with Crippen molar-refractivity contribution in [3.05, 3.63) is 23.8 Å². The summed E-state index contributed by atoms with van der Waals surface area (Å²) in [5.41, 5.74) is 0.522. The molecule has 124 valence electrons. The van der Waals surface area contributed by atoms with Crippen LogP contribution in [-0.2, 0) is 9.53 Å². The summed E-state index contributed by atoms with van der Waals surface area (Å²) in [6.45, 7) is 3.14. The number of fused-ring (bicyclic) bond motifs is 1. The number of nitrogens with zero attached hydrogens (tertiary/aromatic N) is 1. The SMILES string of the molecule is CC(C(=O)c1ccc2c(c1)OCO2)N(C)C(=O)C1CCOCC1. The molecule has 2 aliphatic heterocycles. The van der Waals surface area contributed by atoms with Crippen LogP contribution in [0.25, 0.3) is 0 Å². The van der Waals surface area contributed by atoms with Crippen LogP contribution in [-0.4, -0.2) is 49.7 Å². The van der Waals surface area contributed by atoms with Crippen LogP contribution in [0.15, 0.2) is 18.2 Å². The van der Waals surface area contributed by atoms with E-state index in [1.54, 1.807) is 37.1 Å². The highest BCUT2D eigenvalue weighted by Gasteiger charge is 2.30. The third-order valence-corrected chi connectivity index (χ3v) is 4.54. The van der Waals surface area contributed by atoms with Crippen LogP contribution in [0.5, 0.6) is 11.5 Å². The van der Waals surface area contributed by atoms with Crippen molar-refractivity contribution in [1.29, 1.82) is 0 Å². The smallest absolute Gasteiger partial charge is 0.231 e. The molecule has 0 aromatic heterocycles. The highest BCUT2D eigenvalue weighted by atomic mass is 16.7. The molecule has 0 bridgehead atoms. The van der Waals surface area contributed by atoms with Gasteiger partial charge < -0.3 is 19.1 Å². The van der Waals surface area contributed by atoms with Crippen LogP contribution < -0.4 is 9.47 Å². The molecule has 0 radical (unpaired) electrons. The monoisotopic (exact) mass is 319 g/mol. The summed E-state index contributed by atoms with van der Waals surface area (Å²) in [4.78, 5) is 26.7. The number of carbonyl (C=O) groups excluding carboxylic acids is 2. The number of amides is 1. The van der Waals surface area contributed by atoms with Gasteiger partial charge in [0.25, 0.3) is 0 Å². The minimum absolute atomic E-state index is 0.00916. The maximum atomic E-state index is 12.7. The van der Waals surface area contributed by atoms with E-state index >= 15 is 0 Å². The van der Waals surface area contributed by atoms with E-state index in [2.05, 4.69) is 0 Å². The number of ether oxygens (including phenoxy) is 3. The van der Waals surface area contributed by atoms with Gasteiger partial charge in [-0.3, -0.25) is 9.59 Å². The van der Waals surface area contributed by atoms with Crippen LogP contribution in [0.1, 0.15) is 30.1 Å². The molecule has 1 amide bonds. The Kier molecular flexibility index (Phi) is 4.52. The molecule has 1 saturated heterocycles. The summed E-state index contributed by atoms with van der Waals surface area (Å²) < 4.78 is 15.8. The fourth-order valence-electron chi connectivity index (χ4n) is 2.89. The van der Waals surface area contributed by atoms with Gasteiger partial charge in [-0.25, -0.2) is 0 Å². The lowest BCUT2D eigenvalue weighted by Crippen LogP contribution is -2.44. The normalized spacial score (nSPS) is 18.5. The number of carbonyl (C=O) groups is 2. The van der Waals surface area contributed by atoms with Crippen LogP contribution in [0, 0.1) is 5.92 Å². The average Bonchev–Trinajstić information content (AvgIpc) is 3.07. The molecule has 0 aliphatic carbocycles. The Balaban J connectivity index is 1.69. The lowest BCUT2D eigenvalue weighted by Gasteiger charge is -2.30. The van der Waals surface area contributed by atoms with E-state index in [1.807, 2.05) is 0 Å². The van der Waals surface area contributed by atoms with Gasteiger partial charge in [-0.2, -0.15) is 0 Å². The summed E-state index contributed by atoms with van der Waals surface area (Å²) in [6.07, 6.45) is 1.43. The van der Waals surface area contributed by atoms with Gasteiger partial charge in [-0.05, 0) is 38.0 Å². The first-order valence-corrected chi connectivity index (χ1v) is 7.86. The number of likely N-dealkylation sites (N-methyl/N-ethyl adjacent to an activating group) is 1. The topological polar surface area (TPSA) is 65.1 Å². The van der Waals surface area contributed by atoms with Gasteiger partial charge in [0.05, 0.1) is 6.04 Å². The quantitative estimate of drug-likeness (QED) is 0.793. The summed E-state index contributed by atoms with van der Waals surface area (Å²) in [5, 5.41) is 0.